The first-order valence-corrected chi connectivity index (χ1v) is 5.74. The standard InChI is InChI=1S/C11H10Cl2N4/c1-7-4-9(12)17-11(13)10(7)16-6-8-5-14-2-3-15-8/h2-5,16H,6H2,1H3. The molecule has 0 spiro atoms. The van der Waals surface area contributed by atoms with Gasteiger partial charge in [-0.15, -0.1) is 0 Å². The average Bonchev–Trinajstić information content (AvgIpc) is 2.29. The van der Waals surface area contributed by atoms with E-state index in [1.807, 2.05) is 6.92 Å². The third-order valence-corrected chi connectivity index (χ3v) is 2.67. The van der Waals surface area contributed by atoms with Crippen LogP contribution in [0.1, 0.15) is 11.3 Å². The van der Waals surface area contributed by atoms with Gasteiger partial charge in [-0.25, -0.2) is 4.98 Å². The number of pyridine rings is 1. The minimum atomic E-state index is 0.360. The molecule has 0 amide bonds. The van der Waals surface area contributed by atoms with Gasteiger partial charge in [0.15, 0.2) is 5.15 Å². The third-order valence-electron chi connectivity index (χ3n) is 2.20. The Morgan fingerprint density at radius 1 is 1.29 bits per heavy atom. The minimum Gasteiger partial charge on any atom is -0.377 e. The van der Waals surface area contributed by atoms with E-state index in [0.717, 1.165) is 16.9 Å². The van der Waals surface area contributed by atoms with Crippen LogP contribution in [0.3, 0.4) is 0 Å². The fourth-order valence-electron chi connectivity index (χ4n) is 1.41. The van der Waals surface area contributed by atoms with Crippen molar-refractivity contribution in [3.8, 4) is 0 Å². The van der Waals surface area contributed by atoms with Gasteiger partial charge in [-0.2, -0.15) is 0 Å². The molecule has 88 valence electrons. The van der Waals surface area contributed by atoms with Crippen molar-refractivity contribution in [2.45, 2.75) is 13.5 Å². The second kappa shape index (κ2) is 5.29. The van der Waals surface area contributed by atoms with Crippen molar-refractivity contribution in [2.24, 2.45) is 0 Å². The lowest BCUT2D eigenvalue weighted by molar-refractivity contribution is 1.00. The van der Waals surface area contributed by atoms with Crippen LogP contribution in [0.25, 0.3) is 0 Å². The zero-order chi connectivity index (χ0) is 12.3. The van der Waals surface area contributed by atoms with E-state index < -0.39 is 0 Å². The molecule has 2 heterocycles. The van der Waals surface area contributed by atoms with E-state index in [1.54, 1.807) is 24.7 Å². The molecule has 2 aromatic heterocycles. The van der Waals surface area contributed by atoms with Crippen LogP contribution < -0.4 is 5.32 Å². The smallest absolute Gasteiger partial charge is 0.154 e. The number of hydrogen-bond donors (Lipinski definition) is 1. The lowest BCUT2D eigenvalue weighted by Crippen LogP contribution is -2.04. The monoisotopic (exact) mass is 268 g/mol. The Bertz CT molecular complexity index is 493. The Morgan fingerprint density at radius 3 is 2.76 bits per heavy atom. The molecule has 0 aliphatic rings. The molecule has 0 unspecified atom stereocenters. The molecule has 0 radical (unpaired) electrons. The van der Waals surface area contributed by atoms with E-state index in [4.69, 9.17) is 23.2 Å². The van der Waals surface area contributed by atoms with E-state index in [9.17, 15) is 0 Å². The molecule has 0 fully saturated rings. The molecule has 0 aliphatic heterocycles. The van der Waals surface area contributed by atoms with Gasteiger partial charge in [-0.05, 0) is 18.6 Å². The Labute approximate surface area is 109 Å². The van der Waals surface area contributed by atoms with Gasteiger partial charge in [0, 0.05) is 12.4 Å². The molecule has 17 heavy (non-hydrogen) atoms. The Kier molecular flexibility index (Phi) is 3.76. The van der Waals surface area contributed by atoms with Crippen molar-refractivity contribution < 1.29 is 0 Å². The van der Waals surface area contributed by atoms with Crippen LogP contribution in [-0.2, 0) is 6.54 Å². The first kappa shape index (κ1) is 12.1. The van der Waals surface area contributed by atoms with Gasteiger partial charge >= 0.3 is 0 Å². The summed E-state index contributed by atoms with van der Waals surface area (Å²) in [6, 6.07) is 1.76. The van der Waals surface area contributed by atoms with Crippen LogP contribution in [0, 0.1) is 6.92 Å². The summed E-state index contributed by atoms with van der Waals surface area (Å²) in [5, 5.41) is 3.92. The van der Waals surface area contributed by atoms with E-state index in [-0.39, 0.29) is 0 Å². The van der Waals surface area contributed by atoms with Gasteiger partial charge in [-0.1, -0.05) is 23.2 Å². The van der Waals surface area contributed by atoms with Gasteiger partial charge in [-0.3, -0.25) is 9.97 Å². The topological polar surface area (TPSA) is 50.7 Å². The molecule has 0 saturated carbocycles. The highest BCUT2D eigenvalue weighted by Gasteiger charge is 2.07. The van der Waals surface area contributed by atoms with E-state index in [2.05, 4.69) is 20.3 Å². The highest BCUT2D eigenvalue weighted by Crippen LogP contribution is 2.26. The molecular formula is C11H10Cl2N4. The molecule has 6 heteroatoms. The van der Waals surface area contributed by atoms with Crippen LogP contribution >= 0.6 is 23.2 Å². The number of halogens is 2. The fraction of sp³-hybridized carbons (Fsp3) is 0.182. The lowest BCUT2D eigenvalue weighted by Gasteiger charge is -2.10. The maximum absolute atomic E-state index is 6.01. The van der Waals surface area contributed by atoms with Crippen LogP contribution in [0.15, 0.2) is 24.7 Å². The molecule has 0 aliphatic carbocycles. The number of nitrogens with one attached hydrogen (secondary N) is 1. The average molecular weight is 269 g/mol. The number of aryl methyl sites for hydroxylation is 1. The summed E-state index contributed by atoms with van der Waals surface area (Å²) in [5.41, 5.74) is 2.54. The molecule has 0 saturated heterocycles. The Balaban J connectivity index is 2.15. The molecular weight excluding hydrogens is 259 g/mol. The summed E-state index contributed by atoms with van der Waals surface area (Å²) in [6.07, 6.45) is 4.97. The second-order valence-corrected chi connectivity index (χ2v) is 4.22. The largest absolute Gasteiger partial charge is 0.377 e. The predicted octanol–water partition coefficient (Wildman–Crippen LogP) is 3.10. The maximum atomic E-state index is 6.01. The number of anilines is 1. The SMILES string of the molecule is Cc1cc(Cl)nc(Cl)c1NCc1cnccn1. The summed E-state index contributed by atoms with van der Waals surface area (Å²) >= 11 is 11.8. The molecule has 0 bridgehead atoms. The van der Waals surface area contributed by atoms with E-state index in [1.165, 1.54) is 0 Å². The number of nitrogens with zero attached hydrogens (tertiary/aromatic N) is 3. The molecule has 1 N–H and O–H groups in total. The van der Waals surface area contributed by atoms with Crippen molar-refractivity contribution in [1.29, 1.82) is 0 Å². The number of aromatic nitrogens is 3. The molecule has 0 aromatic carbocycles. The maximum Gasteiger partial charge on any atom is 0.154 e. The normalized spacial score (nSPS) is 10.3. The Morgan fingerprint density at radius 2 is 2.12 bits per heavy atom. The zero-order valence-corrected chi connectivity index (χ0v) is 10.6. The van der Waals surface area contributed by atoms with Gasteiger partial charge in [0.2, 0.25) is 0 Å². The highest BCUT2D eigenvalue weighted by molar-refractivity contribution is 6.34. The van der Waals surface area contributed by atoms with E-state index >= 15 is 0 Å². The van der Waals surface area contributed by atoms with Crippen LogP contribution in [0.4, 0.5) is 5.69 Å². The quantitative estimate of drug-likeness (QED) is 0.870. The van der Waals surface area contributed by atoms with Crippen LogP contribution in [0.5, 0.6) is 0 Å². The van der Waals surface area contributed by atoms with E-state index in [0.29, 0.717) is 16.9 Å². The number of hydrogen-bond acceptors (Lipinski definition) is 4. The molecule has 4 nitrogen and oxygen atoms in total. The third kappa shape index (κ3) is 3.05. The summed E-state index contributed by atoms with van der Waals surface area (Å²) in [6.45, 7) is 2.45. The number of rotatable bonds is 3. The molecule has 2 aromatic rings. The predicted molar refractivity (Wildman–Crippen MR) is 68.4 cm³/mol. The highest BCUT2D eigenvalue weighted by atomic mass is 35.5. The lowest BCUT2D eigenvalue weighted by atomic mass is 10.2. The van der Waals surface area contributed by atoms with Crippen molar-refractivity contribution in [2.75, 3.05) is 5.32 Å². The van der Waals surface area contributed by atoms with Crippen molar-refractivity contribution in [3.63, 3.8) is 0 Å². The second-order valence-electron chi connectivity index (χ2n) is 3.48. The van der Waals surface area contributed by atoms with Gasteiger partial charge in [0.25, 0.3) is 0 Å². The molecule has 0 atom stereocenters. The first-order chi connectivity index (χ1) is 8.16. The summed E-state index contributed by atoms with van der Waals surface area (Å²) in [7, 11) is 0. The summed E-state index contributed by atoms with van der Waals surface area (Å²) < 4.78 is 0. The first-order valence-electron chi connectivity index (χ1n) is 4.98. The van der Waals surface area contributed by atoms with Gasteiger partial charge in [0.1, 0.15) is 5.15 Å². The summed E-state index contributed by atoms with van der Waals surface area (Å²) in [5.74, 6) is 0. The Hall–Kier alpha value is -1.39. The van der Waals surface area contributed by atoms with Crippen molar-refractivity contribution >= 4 is 28.9 Å². The summed E-state index contributed by atoms with van der Waals surface area (Å²) in [4.78, 5) is 12.1. The van der Waals surface area contributed by atoms with Gasteiger partial charge in [0.05, 0.1) is 24.1 Å². The van der Waals surface area contributed by atoms with Crippen molar-refractivity contribution in [1.82, 2.24) is 15.0 Å². The molecule has 2 rings (SSSR count). The fourth-order valence-corrected chi connectivity index (χ4v) is 2.01. The van der Waals surface area contributed by atoms with Crippen LogP contribution in [0.2, 0.25) is 10.3 Å². The van der Waals surface area contributed by atoms with Gasteiger partial charge < -0.3 is 5.32 Å². The minimum absolute atomic E-state index is 0.360. The van der Waals surface area contributed by atoms with Crippen molar-refractivity contribution in [3.05, 3.63) is 46.2 Å². The van der Waals surface area contributed by atoms with Crippen LogP contribution in [-0.4, -0.2) is 15.0 Å². The zero-order valence-electron chi connectivity index (χ0n) is 9.11.